The van der Waals surface area contributed by atoms with Crippen LogP contribution < -0.4 is 4.72 Å². The van der Waals surface area contributed by atoms with Crippen LogP contribution in [0.15, 0.2) is 0 Å². The normalized spacial score (nSPS) is 21.2. The number of nitrogens with one attached hydrogen (secondary N) is 1. The highest BCUT2D eigenvalue weighted by Crippen LogP contribution is 2.18. The fourth-order valence-corrected chi connectivity index (χ4v) is 3.71. The number of hydrogen-bond donors (Lipinski definition) is 1. The minimum Gasteiger partial charge on any atom is -0.211 e. The Morgan fingerprint density at radius 2 is 1.76 bits per heavy atom. The van der Waals surface area contributed by atoms with Crippen LogP contribution in [-0.2, 0) is 10.0 Å². The molecule has 98 valence electrons. The fraction of sp³-hybridized carbons (Fsp3) is 0.917. The summed E-state index contributed by atoms with van der Waals surface area (Å²) in [5.74, 6) is 0. The smallest absolute Gasteiger partial charge is 0.211 e. The zero-order valence-corrected chi connectivity index (χ0v) is 11.3. The van der Waals surface area contributed by atoms with Crippen molar-refractivity contribution in [2.75, 3.05) is 0 Å². The molecule has 1 aliphatic rings. The number of hydrogen-bond acceptors (Lipinski definition) is 3. The van der Waals surface area contributed by atoms with Gasteiger partial charge in [-0.3, -0.25) is 0 Å². The molecule has 4 nitrogen and oxygen atoms in total. The highest BCUT2D eigenvalue weighted by molar-refractivity contribution is 7.90. The summed E-state index contributed by atoms with van der Waals surface area (Å²) in [7, 11) is -3.46. The molecular formula is C12H22N2O2S. The fourth-order valence-electron chi connectivity index (χ4n) is 2.27. The molecule has 5 heteroatoms. The molecule has 0 saturated heterocycles. The molecule has 0 aliphatic heterocycles. The van der Waals surface area contributed by atoms with Gasteiger partial charge in [-0.15, -0.1) is 0 Å². The lowest BCUT2D eigenvalue weighted by atomic mass is 9.97. The molecule has 1 atom stereocenters. The molecule has 0 heterocycles. The Balaban J connectivity index is 2.59. The lowest BCUT2D eigenvalue weighted by Crippen LogP contribution is -2.40. The van der Waals surface area contributed by atoms with E-state index in [0.29, 0.717) is 6.42 Å². The molecule has 1 aliphatic carbocycles. The van der Waals surface area contributed by atoms with Gasteiger partial charge in [-0.1, -0.05) is 39.0 Å². The van der Waals surface area contributed by atoms with E-state index in [9.17, 15) is 8.42 Å². The summed E-state index contributed by atoms with van der Waals surface area (Å²) in [5, 5.41) is 7.91. The quantitative estimate of drug-likeness (QED) is 0.841. The molecule has 0 radical (unpaired) electrons. The first kappa shape index (κ1) is 14.5. The van der Waals surface area contributed by atoms with Crippen molar-refractivity contribution in [1.29, 1.82) is 5.26 Å². The molecule has 0 aromatic rings. The van der Waals surface area contributed by atoms with Crippen molar-refractivity contribution in [3.63, 3.8) is 0 Å². The Morgan fingerprint density at radius 3 is 2.24 bits per heavy atom. The molecule has 0 aromatic heterocycles. The zero-order valence-electron chi connectivity index (χ0n) is 10.5. The number of rotatable bonds is 4. The SMILES string of the molecule is CCC(C#N)S(=O)(=O)NC1CCCCCCC1. The third-order valence-electron chi connectivity index (χ3n) is 3.33. The van der Waals surface area contributed by atoms with Gasteiger partial charge in [0.05, 0.1) is 6.07 Å². The van der Waals surface area contributed by atoms with Gasteiger partial charge in [0.2, 0.25) is 10.0 Å². The van der Waals surface area contributed by atoms with Gasteiger partial charge in [-0.05, 0) is 19.3 Å². The second-order valence-corrected chi connectivity index (χ2v) is 6.63. The van der Waals surface area contributed by atoms with Crippen molar-refractivity contribution in [2.45, 2.75) is 69.6 Å². The topological polar surface area (TPSA) is 70.0 Å². The maximum Gasteiger partial charge on any atom is 0.228 e. The van der Waals surface area contributed by atoms with Crippen molar-refractivity contribution in [3.8, 4) is 6.07 Å². The van der Waals surface area contributed by atoms with Gasteiger partial charge in [0, 0.05) is 6.04 Å². The summed E-state index contributed by atoms with van der Waals surface area (Å²) in [5.41, 5.74) is 0. The predicted molar refractivity (Wildman–Crippen MR) is 67.9 cm³/mol. The van der Waals surface area contributed by atoms with Crippen LogP contribution in [0.25, 0.3) is 0 Å². The zero-order chi connectivity index (χ0) is 12.7. The van der Waals surface area contributed by atoms with Gasteiger partial charge in [-0.25, -0.2) is 13.1 Å². The standard InChI is InChI=1S/C12H22N2O2S/c1-2-12(10-13)17(15,16)14-11-8-6-4-3-5-7-9-11/h11-12,14H,2-9H2,1H3. The summed E-state index contributed by atoms with van der Waals surface area (Å²) in [6.45, 7) is 1.73. The first-order chi connectivity index (χ1) is 8.10. The Kier molecular flexibility index (Phi) is 5.93. The molecule has 1 fully saturated rings. The lowest BCUT2D eigenvalue weighted by molar-refractivity contribution is 0.425. The van der Waals surface area contributed by atoms with E-state index in [-0.39, 0.29) is 6.04 Å². The van der Waals surface area contributed by atoms with E-state index in [1.165, 1.54) is 19.3 Å². The van der Waals surface area contributed by atoms with Gasteiger partial charge in [0.25, 0.3) is 0 Å². The molecule has 17 heavy (non-hydrogen) atoms. The van der Waals surface area contributed by atoms with E-state index in [4.69, 9.17) is 5.26 Å². The van der Waals surface area contributed by atoms with Crippen molar-refractivity contribution < 1.29 is 8.42 Å². The molecule has 1 N–H and O–H groups in total. The first-order valence-electron chi connectivity index (χ1n) is 6.51. The molecule has 0 bridgehead atoms. The van der Waals surface area contributed by atoms with E-state index in [2.05, 4.69) is 4.72 Å². The van der Waals surface area contributed by atoms with Crippen LogP contribution in [0.1, 0.15) is 58.3 Å². The Bertz CT molecular complexity index is 351. The average molecular weight is 258 g/mol. The van der Waals surface area contributed by atoms with Crippen molar-refractivity contribution >= 4 is 10.0 Å². The molecule has 1 saturated carbocycles. The molecule has 0 amide bonds. The Hall–Kier alpha value is -0.600. The minimum atomic E-state index is -3.46. The maximum absolute atomic E-state index is 11.9. The Morgan fingerprint density at radius 1 is 1.24 bits per heavy atom. The van der Waals surface area contributed by atoms with Crippen molar-refractivity contribution in [1.82, 2.24) is 4.72 Å². The van der Waals surface area contributed by atoms with Crippen LogP contribution in [-0.4, -0.2) is 19.7 Å². The first-order valence-corrected chi connectivity index (χ1v) is 8.05. The van der Waals surface area contributed by atoms with Crippen LogP contribution in [0.5, 0.6) is 0 Å². The van der Waals surface area contributed by atoms with Gasteiger partial charge in [-0.2, -0.15) is 5.26 Å². The maximum atomic E-state index is 11.9. The summed E-state index contributed by atoms with van der Waals surface area (Å²) in [6, 6.07) is 1.89. The summed E-state index contributed by atoms with van der Waals surface area (Å²) >= 11 is 0. The Labute approximate surface area is 104 Å². The molecular weight excluding hydrogens is 236 g/mol. The molecule has 0 aromatic carbocycles. The van der Waals surface area contributed by atoms with Gasteiger partial charge >= 0.3 is 0 Å². The molecule has 0 spiro atoms. The highest BCUT2D eigenvalue weighted by Gasteiger charge is 2.26. The van der Waals surface area contributed by atoms with Crippen LogP contribution >= 0.6 is 0 Å². The van der Waals surface area contributed by atoms with Crippen molar-refractivity contribution in [2.24, 2.45) is 0 Å². The van der Waals surface area contributed by atoms with E-state index in [1.54, 1.807) is 6.92 Å². The van der Waals surface area contributed by atoms with E-state index >= 15 is 0 Å². The van der Waals surface area contributed by atoms with E-state index in [0.717, 1.165) is 25.7 Å². The monoisotopic (exact) mass is 258 g/mol. The van der Waals surface area contributed by atoms with Crippen LogP contribution in [0, 0.1) is 11.3 Å². The number of sulfonamides is 1. The number of nitriles is 1. The van der Waals surface area contributed by atoms with E-state index in [1.807, 2.05) is 6.07 Å². The summed E-state index contributed by atoms with van der Waals surface area (Å²) in [4.78, 5) is 0. The second kappa shape index (κ2) is 6.97. The minimum absolute atomic E-state index is 0.0303. The molecule has 1 unspecified atom stereocenters. The van der Waals surface area contributed by atoms with Crippen LogP contribution in [0.4, 0.5) is 0 Å². The third-order valence-corrected chi connectivity index (χ3v) is 5.18. The predicted octanol–water partition coefficient (Wildman–Crippen LogP) is 2.32. The van der Waals surface area contributed by atoms with Gasteiger partial charge in [0.1, 0.15) is 0 Å². The number of nitrogens with zero attached hydrogens (tertiary/aromatic N) is 1. The molecule has 1 rings (SSSR count). The summed E-state index contributed by atoms with van der Waals surface area (Å²) < 4.78 is 26.6. The largest absolute Gasteiger partial charge is 0.228 e. The van der Waals surface area contributed by atoms with Crippen LogP contribution in [0.2, 0.25) is 0 Å². The van der Waals surface area contributed by atoms with Gasteiger partial charge in [0.15, 0.2) is 5.25 Å². The van der Waals surface area contributed by atoms with E-state index < -0.39 is 15.3 Å². The van der Waals surface area contributed by atoms with Crippen molar-refractivity contribution in [3.05, 3.63) is 0 Å². The highest BCUT2D eigenvalue weighted by atomic mass is 32.2. The summed E-state index contributed by atoms with van der Waals surface area (Å²) in [6.07, 6.45) is 7.95. The van der Waals surface area contributed by atoms with Gasteiger partial charge < -0.3 is 0 Å². The lowest BCUT2D eigenvalue weighted by Gasteiger charge is -2.22. The average Bonchev–Trinajstić information content (AvgIpc) is 2.23. The van der Waals surface area contributed by atoms with Crippen LogP contribution in [0.3, 0.4) is 0 Å². The second-order valence-electron chi connectivity index (χ2n) is 4.73. The third kappa shape index (κ3) is 4.64.